The molecule has 0 aliphatic carbocycles. The molecule has 1 aromatic rings. The topological polar surface area (TPSA) is 29.9 Å². The van der Waals surface area contributed by atoms with Crippen molar-refractivity contribution in [2.75, 3.05) is 13.6 Å². The molecule has 0 unspecified atom stereocenters. The summed E-state index contributed by atoms with van der Waals surface area (Å²) in [6.07, 6.45) is 6.41. The summed E-state index contributed by atoms with van der Waals surface area (Å²) in [4.78, 5) is 0. The van der Waals surface area contributed by atoms with Crippen LogP contribution < -0.4 is 5.32 Å². The van der Waals surface area contributed by atoms with Gasteiger partial charge in [-0.15, -0.1) is 0 Å². The zero-order valence-electron chi connectivity index (χ0n) is 10.2. The normalized spacial score (nSPS) is 12.1. The summed E-state index contributed by atoms with van der Waals surface area (Å²) in [7, 11) is 3.95. The van der Waals surface area contributed by atoms with Crippen LogP contribution in [0.2, 0.25) is 0 Å². The molecule has 1 aromatic heterocycles. The van der Waals surface area contributed by atoms with Gasteiger partial charge in [0.15, 0.2) is 0 Å². The van der Waals surface area contributed by atoms with Crippen LogP contribution in [-0.4, -0.2) is 23.4 Å². The zero-order valence-corrected chi connectivity index (χ0v) is 10.2. The van der Waals surface area contributed by atoms with E-state index in [2.05, 4.69) is 36.5 Å². The number of hydrogen-bond acceptors (Lipinski definition) is 2. The van der Waals surface area contributed by atoms with E-state index in [1.54, 1.807) is 0 Å². The molecule has 0 fully saturated rings. The van der Waals surface area contributed by atoms with E-state index >= 15 is 0 Å². The second kappa shape index (κ2) is 5.71. The summed E-state index contributed by atoms with van der Waals surface area (Å²) in [6, 6.07) is 0. The molecule has 1 heterocycles. The zero-order chi connectivity index (χ0) is 11.3. The number of aromatic nitrogens is 2. The highest BCUT2D eigenvalue weighted by Gasteiger charge is 2.03. The van der Waals surface area contributed by atoms with Gasteiger partial charge in [0.1, 0.15) is 0 Å². The Morgan fingerprint density at radius 3 is 2.80 bits per heavy atom. The summed E-state index contributed by atoms with van der Waals surface area (Å²) >= 11 is 0. The fourth-order valence-corrected chi connectivity index (χ4v) is 1.67. The Hall–Kier alpha value is -1.09. The van der Waals surface area contributed by atoms with Gasteiger partial charge < -0.3 is 5.32 Å². The lowest BCUT2D eigenvalue weighted by Gasteiger charge is -2.02. The Morgan fingerprint density at radius 1 is 1.53 bits per heavy atom. The molecule has 0 spiro atoms. The van der Waals surface area contributed by atoms with E-state index in [1.807, 2.05) is 18.8 Å². The van der Waals surface area contributed by atoms with Gasteiger partial charge in [-0.1, -0.05) is 25.5 Å². The van der Waals surface area contributed by atoms with E-state index in [0.29, 0.717) is 0 Å². The average Bonchev–Trinajstić information content (AvgIpc) is 2.58. The number of nitrogens with zero attached hydrogens (tertiary/aromatic N) is 2. The molecular formula is C12H21N3. The van der Waals surface area contributed by atoms with Crippen molar-refractivity contribution in [1.82, 2.24) is 15.1 Å². The standard InChI is InChI=1S/C12H21N3/c1-5-10(8-13-3)7-11-9-15(4)14-12(11)6-2/h7,9,13H,5-6,8H2,1-4H3. The first-order valence-electron chi connectivity index (χ1n) is 5.57. The minimum absolute atomic E-state index is 0.953. The van der Waals surface area contributed by atoms with Gasteiger partial charge in [0.25, 0.3) is 0 Å². The molecule has 0 saturated carbocycles. The lowest BCUT2D eigenvalue weighted by molar-refractivity contribution is 0.746. The molecule has 3 heteroatoms. The molecule has 0 atom stereocenters. The van der Waals surface area contributed by atoms with E-state index in [0.717, 1.165) is 19.4 Å². The van der Waals surface area contributed by atoms with Crippen molar-refractivity contribution >= 4 is 6.08 Å². The van der Waals surface area contributed by atoms with Gasteiger partial charge in [-0.3, -0.25) is 4.68 Å². The van der Waals surface area contributed by atoms with Crippen LogP contribution in [-0.2, 0) is 13.5 Å². The van der Waals surface area contributed by atoms with E-state index in [4.69, 9.17) is 0 Å². The van der Waals surface area contributed by atoms with Crippen LogP contribution in [0.1, 0.15) is 31.5 Å². The van der Waals surface area contributed by atoms with Crippen molar-refractivity contribution in [2.24, 2.45) is 7.05 Å². The molecule has 0 saturated heterocycles. The van der Waals surface area contributed by atoms with E-state index < -0.39 is 0 Å². The van der Waals surface area contributed by atoms with Gasteiger partial charge in [0.05, 0.1) is 5.69 Å². The van der Waals surface area contributed by atoms with E-state index in [-0.39, 0.29) is 0 Å². The summed E-state index contributed by atoms with van der Waals surface area (Å²) in [5.41, 5.74) is 3.85. The van der Waals surface area contributed by atoms with Gasteiger partial charge in [0, 0.05) is 25.4 Å². The molecule has 0 bridgehead atoms. The Labute approximate surface area is 92.2 Å². The molecule has 0 aromatic carbocycles. The Bertz CT molecular complexity index is 337. The Morgan fingerprint density at radius 2 is 2.27 bits per heavy atom. The monoisotopic (exact) mass is 207 g/mol. The van der Waals surface area contributed by atoms with Gasteiger partial charge in [-0.05, 0) is 19.9 Å². The maximum Gasteiger partial charge on any atom is 0.0694 e. The largest absolute Gasteiger partial charge is 0.316 e. The van der Waals surface area contributed by atoms with Gasteiger partial charge in [0.2, 0.25) is 0 Å². The number of likely N-dealkylation sites (N-methyl/N-ethyl adjacent to an activating group) is 1. The van der Waals surface area contributed by atoms with Crippen LogP contribution in [0.3, 0.4) is 0 Å². The molecule has 1 N–H and O–H groups in total. The number of nitrogens with one attached hydrogen (secondary N) is 1. The first kappa shape index (κ1) is 12.0. The molecule has 0 amide bonds. The quantitative estimate of drug-likeness (QED) is 0.800. The highest BCUT2D eigenvalue weighted by molar-refractivity contribution is 5.54. The number of rotatable bonds is 5. The molecule has 0 aliphatic rings. The Balaban J connectivity index is 2.93. The maximum absolute atomic E-state index is 4.43. The van der Waals surface area contributed by atoms with Crippen LogP contribution in [0, 0.1) is 0 Å². The molecule has 15 heavy (non-hydrogen) atoms. The lowest BCUT2D eigenvalue weighted by atomic mass is 10.1. The van der Waals surface area contributed by atoms with Crippen molar-refractivity contribution in [3.05, 3.63) is 23.0 Å². The predicted octanol–water partition coefficient (Wildman–Crippen LogP) is 2.00. The Kier molecular flexibility index (Phi) is 4.56. The van der Waals surface area contributed by atoms with Crippen molar-refractivity contribution in [2.45, 2.75) is 26.7 Å². The van der Waals surface area contributed by atoms with Crippen LogP contribution in [0.5, 0.6) is 0 Å². The SMILES string of the molecule is CCC(=Cc1cn(C)nc1CC)CNC. The average molecular weight is 207 g/mol. The highest BCUT2D eigenvalue weighted by atomic mass is 15.2. The van der Waals surface area contributed by atoms with Gasteiger partial charge in [-0.2, -0.15) is 5.10 Å². The second-order valence-corrected chi connectivity index (χ2v) is 3.74. The van der Waals surface area contributed by atoms with Gasteiger partial charge >= 0.3 is 0 Å². The first-order valence-corrected chi connectivity index (χ1v) is 5.57. The molecule has 0 radical (unpaired) electrons. The fourth-order valence-electron chi connectivity index (χ4n) is 1.67. The molecule has 3 nitrogen and oxygen atoms in total. The number of hydrogen-bond donors (Lipinski definition) is 1. The van der Waals surface area contributed by atoms with Crippen molar-refractivity contribution in [3.63, 3.8) is 0 Å². The smallest absolute Gasteiger partial charge is 0.0694 e. The van der Waals surface area contributed by atoms with Crippen molar-refractivity contribution in [3.8, 4) is 0 Å². The van der Waals surface area contributed by atoms with Crippen LogP contribution >= 0.6 is 0 Å². The third-order valence-corrected chi connectivity index (χ3v) is 2.49. The first-order chi connectivity index (χ1) is 7.21. The minimum Gasteiger partial charge on any atom is -0.316 e. The molecule has 1 rings (SSSR count). The third kappa shape index (κ3) is 3.20. The molecular weight excluding hydrogens is 186 g/mol. The van der Waals surface area contributed by atoms with Crippen molar-refractivity contribution in [1.29, 1.82) is 0 Å². The highest BCUT2D eigenvalue weighted by Crippen LogP contribution is 2.13. The lowest BCUT2D eigenvalue weighted by Crippen LogP contribution is -2.09. The minimum atomic E-state index is 0.953. The van der Waals surface area contributed by atoms with E-state index in [1.165, 1.54) is 16.8 Å². The maximum atomic E-state index is 4.43. The summed E-state index contributed by atoms with van der Waals surface area (Å²) in [5.74, 6) is 0. The molecule has 84 valence electrons. The molecule has 0 aliphatic heterocycles. The fraction of sp³-hybridized carbons (Fsp3) is 0.583. The van der Waals surface area contributed by atoms with Gasteiger partial charge in [-0.25, -0.2) is 0 Å². The summed E-state index contributed by atoms with van der Waals surface area (Å²) < 4.78 is 1.89. The summed E-state index contributed by atoms with van der Waals surface area (Å²) in [6.45, 7) is 5.28. The second-order valence-electron chi connectivity index (χ2n) is 3.74. The van der Waals surface area contributed by atoms with Crippen LogP contribution in [0.15, 0.2) is 11.8 Å². The third-order valence-electron chi connectivity index (χ3n) is 2.49. The summed E-state index contributed by atoms with van der Waals surface area (Å²) in [5, 5.41) is 7.62. The van der Waals surface area contributed by atoms with Crippen LogP contribution in [0.4, 0.5) is 0 Å². The predicted molar refractivity (Wildman–Crippen MR) is 64.8 cm³/mol. The van der Waals surface area contributed by atoms with Crippen molar-refractivity contribution < 1.29 is 0 Å². The van der Waals surface area contributed by atoms with Crippen LogP contribution in [0.25, 0.3) is 6.08 Å². The number of aryl methyl sites for hydroxylation is 2. The van der Waals surface area contributed by atoms with E-state index in [9.17, 15) is 0 Å².